The number of likely N-dealkylation sites (tertiary alicyclic amines) is 1. The summed E-state index contributed by atoms with van der Waals surface area (Å²) in [7, 11) is 3.14. The fourth-order valence-electron chi connectivity index (χ4n) is 3.88. The smallest absolute Gasteiger partial charge is 0.200 e. The molecule has 0 unspecified atom stereocenters. The van der Waals surface area contributed by atoms with E-state index in [1.54, 1.807) is 38.5 Å². The first kappa shape index (κ1) is 20.3. The summed E-state index contributed by atoms with van der Waals surface area (Å²) in [5, 5.41) is 0.519. The molecule has 2 heterocycles. The Kier molecular flexibility index (Phi) is 6.23. The van der Waals surface area contributed by atoms with Gasteiger partial charge in [0.2, 0.25) is 0 Å². The SMILES string of the molecule is COc1ccc(-c2coc3cc(OCCN4CCCCC4)ccc3c2=O)cc1OC. The van der Waals surface area contributed by atoms with Gasteiger partial charge in [-0.05, 0) is 55.8 Å². The highest BCUT2D eigenvalue weighted by Gasteiger charge is 2.13. The number of nitrogens with zero attached hydrogens (tertiary/aromatic N) is 1. The second-order valence-corrected chi connectivity index (χ2v) is 7.46. The molecule has 1 saturated heterocycles. The summed E-state index contributed by atoms with van der Waals surface area (Å²) < 4.78 is 22.3. The third-order valence-electron chi connectivity index (χ3n) is 5.57. The Balaban J connectivity index is 1.53. The van der Waals surface area contributed by atoms with Crippen LogP contribution in [-0.4, -0.2) is 45.4 Å². The number of fused-ring (bicyclic) bond motifs is 1. The molecule has 1 aromatic heterocycles. The monoisotopic (exact) mass is 409 g/mol. The van der Waals surface area contributed by atoms with Gasteiger partial charge in [-0.25, -0.2) is 0 Å². The van der Waals surface area contributed by atoms with Gasteiger partial charge in [0.15, 0.2) is 16.9 Å². The van der Waals surface area contributed by atoms with Crippen molar-refractivity contribution in [1.29, 1.82) is 0 Å². The lowest BCUT2D eigenvalue weighted by atomic mass is 10.0. The zero-order valence-corrected chi connectivity index (χ0v) is 17.5. The number of benzene rings is 2. The molecule has 158 valence electrons. The van der Waals surface area contributed by atoms with Crippen molar-refractivity contribution in [2.75, 3.05) is 40.5 Å². The highest BCUT2D eigenvalue weighted by molar-refractivity contribution is 5.83. The summed E-state index contributed by atoms with van der Waals surface area (Å²) in [5.41, 5.74) is 1.61. The lowest BCUT2D eigenvalue weighted by Crippen LogP contribution is -2.33. The molecule has 0 saturated carbocycles. The van der Waals surface area contributed by atoms with Crippen molar-refractivity contribution in [1.82, 2.24) is 4.90 Å². The molecular weight excluding hydrogens is 382 g/mol. The van der Waals surface area contributed by atoms with Crippen LogP contribution < -0.4 is 19.6 Å². The first-order chi connectivity index (χ1) is 14.7. The van der Waals surface area contributed by atoms with Crippen LogP contribution in [0.1, 0.15) is 19.3 Å². The van der Waals surface area contributed by atoms with E-state index >= 15 is 0 Å². The number of hydrogen-bond acceptors (Lipinski definition) is 6. The predicted octanol–water partition coefficient (Wildman–Crippen LogP) is 4.34. The van der Waals surface area contributed by atoms with Crippen molar-refractivity contribution >= 4 is 11.0 Å². The molecule has 0 radical (unpaired) electrons. The molecule has 4 rings (SSSR count). The third-order valence-corrected chi connectivity index (χ3v) is 5.57. The second kappa shape index (κ2) is 9.22. The number of ether oxygens (including phenoxy) is 3. The Hall–Kier alpha value is -2.99. The quantitative estimate of drug-likeness (QED) is 0.578. The molecule has 3 aromatic rings. The average Bonchev–Trinajstić information content (AvgIpc) is 2.79. The highest BCUT2D eigenvalue weighted by Crippen LogP contribution is 2.32. The third kappa shape index (κ3) is 4.28. The molecule has 0 N–H and O–H groups in total. The predicted molar refractivity (Wildman–Crippen MR) is 117 cm³/mol. The number of piperidine rings is 1. The van der Waals surface area contributed by atoms with Crippen LogP contribution in [0.15, 0.2) is 51.9 Å². The van der Waals surface area contributed by atoms with Crippen LogP contribution in [-0.2, 0) is 0 Å². The normalized spacial score (nSPS) is 14.6. The van der Waals surface area contributed by atoms with E-state index in [1.165, 1.54) is 25.5 Å². The van der Waals surface area contributed by atoms with E-state index in [0.717, 1.165) is 19.6 Å². The summed E-state index contributed by atoms with van der Waals surface area (Å²) in [5.74, 6) is 1.88. The molecule has 1 aliphatic rings. The van der Waals surface area contributed by atoms with Gasteiger partial charge in [-0.1, -0.05) is 12.5 Å². The molecule has 0 spiro atoms. The summed E-state index contributed by atoms with van der Waals surface area (Å²) in [6.45, 7) is 3.84. The molecule has 6 heteroatoms. The topological polar surface area (TPSA) is 61.1 Å². The molecule has 0 aliphatic carbocycles. The number of hydrogen-bond donors (Lipinski definition) is 0. The lowest BCUT2D eigenvalue weighted by Gasteiger charge is -2.26. The lowest BCUT2D eigenvalue weighted by molar-refractivity contribution is 0.183. The summed E-state index contributed by atoms with van der Waals surface area (Å²) in [6.07, 6.45) is 5.35. The first-order valence-electron chi connectivity index (χ1n) is 10.3. The van der Waals surface area contributed by atoms with Gasteiger partial charge in [0.25, 0.3) is 0 Å². The van der Waals surface area contributed by atoms with Crippen molar-refractivity contribution in [3.8, 4) is 28.4 Å². The van der Waals surface area contributed by atoms with Gasteiger partial charge >= 0.3 is 0 Å². The van der Waals surface area contributed by atoms with Gasteiger partial charge in [-0.15, -0.1) is 0 Å². The molecule has 6 nitrogen and oxygen atoms in total. The minimum absolute atomic E-state index is 0.0941. The Morgan fingerprint density at radius 3 is 2.53 bits per heavy atom. The molecule has 1 fully saturated rings. The van der Waals surface area contributed by atoms with E-state index in [2.05, 4.69) is 4.90 Å². The Morgan fingerprint density at radius 1 is 0.967 bits per heavy atom. The maximum atomic E-state index is 13.0. The summed E-state index contributed by atoms with van der Waals surface area (Å²) in [4.78, 5) is 15.5. The summed E-state index contributed by atoms with van der Waals surface area (Å²) >= 11 is 0. The molecule has 1 aliphatic heterocycles. The molecule has 2 aromatic carbocycles. The van der Waals surface area contributed by atoms with E-state index in [-0.39, 0.29) is 5.43 Å². The van der Waals surface area contributed by atoms with Gasteiger partial charge in [0.05, 0.1) is 25.2 Å². The minimum atomic E-state index is -0.0941. The molecular formula is C24H27NO5. The van der Waals surface area contributed by atoms with E-state index in [4.69, 9.17) is 18.6 Å². The maximum Gasteiger partial charge on any atom is 0.200 e. The second-order valence-electron chi connectivity index (χ2n) is 7.46. The fourth-order valence-corrected chi connectivity index (χ4v) is 3.88. The van der Waals surface area contributed by atoms with Gasteiger partial charge in [-0.2, -0.15) is 0 Å². The zero-order valence-electron chi connectivity index (χ0n) is 17.5. The van der Waals surface area contributed by atoms with Crippen LogP contribution in [0.2, 0.25) is 0 Å². The van der Waals surface area contributed by atoms with Crippen LogP contribution in [0.25, 0.3) is 22.1 Å². The van der Waals surface area contributed by atoms with Crippen LogP contribution in [0.5, 0.6) is 17.2 Å². The Bertz CT molecular complexity index is 1070. The molecule has 0 amide bonds. The first-order valence-corrected chi connectivity index (χ1v) is 10.3. The van der Waals surface area contributed by atoms with Crippen molar-refractivity contribution in [2.45, 2.75) is 19.3 Å². The van der Waals surface area contributed by atoms with Crippen molar-refractivity contribution in [2.24, 2.45) is 0 Å². The standard InChI is InChI=1S/C24H27NO5/c1-27-21-9-6-17(14-23(21)28-2)20-16-30-22-15-18(7-8-19(22)24(20)26)29-13-12-25-10-4-3-5-11-25/h6-9,14-16H,3-5,10-13H2,1-2H3. The van der Waals surface area contributed by atoms with Crippen molar-refractivity contribution < 1.29 is 18.6 Å². The molecule has 0 atom stereocenters. The number of rotatable bonds is 7. The maximum absolute atomic E-state index is 13.0. The molecule has 0 bridgehead atoms. The van der Waals surface area contributed by atoms with Gasteiger partial charge in [-0.3, -0.25) is 9.69 Å². The summed E-state index contributed by atoms with van der Waals surface area (Å²) in [6, 6.07) is 10.7. The molecule has 30 heavy (non-hydrogen) atoms. The van der Waals surface area contributed by atoms with E-state index in [1.807, 2.05) is 12.1 Å². The fraction of sp³-hybridized carbons (Fsp3) is 0.375. The van der Waals surface area contributed by atoms with Crippen LogP contribution in [0.3, 0.4) is 0 Å². The van der Waals surface area contributed by atoms with Gasteiger partial charge in [0, 0.05) is 12.6 Å². The van der Waals surface area contributed by atoms with E-state index in [9.17, 15) is 4.79 Å². The highest BCUT2D eigenvalue weighted by atomic mass is 16.5. The van der Waals surface area contributed by atoms with Gasteiger partial charge in [0.1, 0.15) is 24.2 Å². The van der Waals surface area contributed by atoms with Gasteiger partial charge < -0.3 is 18.6 Å². The largest absolute Gasteiger partial charge is 0.493 e. The zero-order chi connectivity index (χ0) is 20.9. The number of methoxy groups -OCH3 is 2. The van der Waals surface area contributed by atoms with Crippen LogP contribution >= 0.6 is 0 Å². The van der Waals surface area contributed by atoms with Crippen LogP contribution in [0.4, 0.5) is 0 Å². The average molecular weight is 409 g/mol. The van der Waals surface area contributed by atoms with Crippen LogP contribution in [0, 0.1) is 0 Å². The Labute approximate surface area is 176 Å². The minimum Gasteiger partial charge on any atom is -0.493 e. The van der Waals surface area contributed by atoms with Crippen molar-refractivity contribution in [3.05, 3.63) is 52.9 Å². The Morgan fingerprint density at radius 2 is 1.77 bits per heavy atom. The van der Waals surface area contributed by atoms with Crippen molar-refractivity contribution in [3.63, 3.8) is 0 Å². The van der Waals surface area contributed by atoms with E-state index < -0.39 is 0 Å². The van der Waals surface area contributed by atoms with E-state index in [0.29, 0.717) is 46.0 Å².